The highest BCUT2D eigenvalue weighted by atomic mass is 35.5. The lowest BCUT2D eigenvalue weighted by Crippen LogP contribution is -2.50. The lowest BCUT2D eigenvalue weighted by Gasteiger charge is -2.37. The van der Waals surface area contributed by atoms with Crippen molar-refractivity contribution in [3.8, 4) is 5.75 Å². The molecule has 0 aliphatic carbocycles. The van der Waals surface area contributed by atoms with E-state index in [1.54, 1.807) is 11.0 Å². The number of ether oxygens (including phenoxy) is 3. The van der Waals surface area contributed by atoms with E-state index >= 15 is 0 Å². The Hall–Kier alpha value is -4.24. The van der Waals surface area contributed by atoms with Crippen LogP contribution < -0.4 is 10.1 Å². The lowest BCUT2D eigenvalue weighted by atomic mass is 10.0. The molecule has 226 valence electrons. The summed E-state index contributed by atoms with van der Waals surface area (Å²) < 4.78 is 16.6. The maximum Gasteiger partial charge on any atom is 0.410 e. The monoisotopic (exact) mass is 605 g/mol. The summed E-state index contributed by atoms with van der Waals surface area (Å²) in [5.41, 5.74) is 4.49. The molecule has 2 heterocycles. The van der Waals surface area contributed by atoms with E-state index in [9.17, 15) is 14.4 Å². The molecule has 5 rings (SSSR count). The van der Waals surface area contributed by atoms with Gasteiger partial charge in [-0.25, -0.2) is 14.4 Å². The topological polar surface area (TPSA) is 97.4 Å². The van der Waals surface area contributed by atoms with Crippen LogP contribution in [0.2, 0.25) is 5.02 Å². The summed E-state index contributed by atoms with van der Waals surface area (Å²) in [6.07, 6.45) is 0.357. The van der Waals surface area contributed by atoms with E-state index in [0.29, 0.717) is 55.4 Å². The van der Waals surface area contributed by atoms with Gasteiger partial charge in [0, 0.05) is 37.8 Å². The maximum absolute atomic E-state index is 13.1. The number of hydrogen-bond donors (Lipinski definition) is 1. The first-order valence-electron chi connectivity index (χ1n) is 14.5. The first kappa shape index (κ1) is 30.2. The lowest BCUT2D eigenvalue weighted by molar-refractivity contribution is -0.151. The molecule has 1 N–H and O–H groups in total. The van der Waals surface area contributed by atoms with Gasteiger partial charge in [-0.05, 0) is 60.6 Å². The Labute approximate surface area is 256 Å². The number of piperidine rings is 1. The molecule has 1 fully saturated rings. The Morgan fingerprint density at radius 1 is 1.00 bits per heavy atom. The molecule has 1 atom stereocenters. The molecule has 3 aromatic rings. The molecule has 3 aromatic carbocycles. The summed E-state index contributed by atoms with van der Waals surface area (Å²) in [5.74, 6) is -0.0899. The Balaban J connectivity index is 1.17. The number of hydrogen-bond acceptors (Lipinski definition) is 6. The largest absolute Gasteiger partial charge is 0.487 e. The molecule has 0 aromatic heterocycles. The number of nitrogens with zero attached hydrogens (tertiary/aromatic N) is 2. The molecular formula is C33H36ClN3O6. The van der Waals surface area contributed by atoms with Crippen molar-refractivity contribution in [2.45, 2.75) is 51.4 Å². The van der Waals surface area contributed by atoms with E-state index in [2.05, 4.69) is 5.32 Å². The number of nitrogens with one attached hydrogen (secondary N) is 1. The molecule has 0 spiro atoms. The normalized spacial score (nSPS) is 16.0. The van der Waals surface area contributed by atoms with Gasteiger partial charge in [-0.2, -0.15) is 0 Å². The molecule has 0 radical (unpaired) electrons. The zero-order valence-electron chi connectivity index (χ0n) is 24.4. The third kappa shape index (κ3) is 7.40. The number of esters is 1. The van der Waals surface area contributed by atoms with Gasteiger partial charge in [0.25, 0.3) is 0 Å². The number of carbonyl (C=O) groups excluding carboxylic acids is 3. The summed E-state index contributed by atoms with van der Waals surface area (Å²) in [4.78, 5) is 42.1. The number of aryl methyl sites for hydroxylation is 1. The van der Waals surface area contributed by atoms with Gasteiger partial charge in [-0.15, -0.1) is 0 Å². The molecule has 0 saturated carbocycles. The van der Waals surface area contributed by atoms with E-state index in [1.807, 2.05) is 72.5 Å². The molecule has 43 heavy (non-hydrogen) atoms. The predicted octanol–water partition coefficient (Wildman–Crippen LogP) is 6.00. The average Bonchev–Trinajstić information content (AvgIpc) is 3.18. The van der Waals surface area contributed by atoms with Gasteiger partial charge in [-0.1, -0.05) is 66.2 Å². The zero-order valence-corrected chi connectivity index (χ0v) is 25.1. The van der Waals surface area contributed by atoms with Crippen LogP contribution in [0.4, 0.5) is 15.3 Å². The number of carbonyl (C=O) groups is 3. The standard InChI is InChI=1S/C33H36ClN3O6/c1-22-18-24(19-27(34)30(22)42-21-23-8-4-3-5-9-23)20-29(31(38)41-2)43-33(40)36-15-13-26(14-16-36)37-17-12-25-10-6-7-11-28(25)35-32(37)39/h3-11,18-19,26,29H,12-17,20-21H2,1-2H3,(H,35,39)/t29-/m1/s1. The molecule has 10 heteroatoms. The summed E-state index contributed by atoms with van der Waals surface area (Å²) in [6.45, 7) is 3.68. The summed E-state index contributed by atoms with van der Waals surface area (Å²) in [7, 11) is 1.26. The van der Waals surface area contributed by atoms with Crippen molar-refractivity contribution >= 4 is 35.4 Å². The SMILES string of the molecule is COC(=O)[C@@H](Cc1cc(C)c(OCc2ccccc2)c(Cl)c1)OC(=O)N1CCC(N2CCc3ccccc3NC2=O)CC1. The van der Waals surface area contributed by atoms with Crippen LogP contribution in [-0.4, -0.2) is 66.8 Å². The van der Waals surface area contributed by atoms with E-state index < -0.39 is 18.2 Å². The van der Waals surface area contributed by atoms with Crippen molar-refractivity contribution in [3.05, 3.63) is 94.0 Å². The fraction of sp³-hybridized carbons (Fsp3) is 0.364. The molecular weight excluding hydrogens is 570 g/mol. The summed E-state index contributed by atoms with van der Waals surface area (Å²) in [5, 5.41) is 3.42. The first-order valence-corrected chi connectivity index (χ1v) is 14.8. The minimum absolute atomic E-state index is 0.00232. The van der Waals surface area contributed by atoms with Gasteiger partial charge in [0.05, 0.1) is 12.1 Å². The fourth-order valence-electron chi connectivity index (χ4n) is 5.65. The van der Waals surface area contributed by atoms with Gasteiger partial charge in [0.2, 0.25) is 6.10 Å². The number of benzene rings is 3. The smallest absolute Gasteiger partial charge is 0.410 e. The number of rotatable bonds is 8. The maximum atomic E-state index is 13.1. The molecule has 0 unspecified atom stereocenters. The number of anilines is 1. The van der Waals surface area contributed by atoms with Crippen molar-refractivity contribution in [3.63, 3.8) is 0 Å². The number of para-hydroxylation sites is 1. The predicted molar refractivity (Wildman–Crippen MR) is 163 cm³/mol. The number of urea groups is 1. The second-order valence-corrected chi connectivity index (χ2v) is 11.3. The first-order chi connectivity index (χ1) is 20.8. The number of amides is 3. The highest BCUT2D eigenvalue weighted by Crippen LogP contribution is 2.32. The van der Waals surface area contributed by atoms with E-state index in [1.165, 1.54) is 7.11 Å². The molecule has 3 amide bonds. The Kier molecular flexibility index (Phi) is 9.72. The van der Waals surface area contributed by atoms with Crippen LogP contribution in [-0.2, 0) is 33.7 Å². The number of likely N-dealkylation sites (tertiary alicyclic amines) is 1. The van der Waals surface area contributed by atoms with Gasteiger partial charge in [0.15, 0.2) is 0 Å². The third-order valence-electron chi connectivity index (χ3n) is 7.95. The van der Waals surface area contributed by atoms with E-state index in [-0.39, 0.29) is 18.5 Å². The van der Waals surface area contributed by atoms with Crippen LogP contribution in [0.5, 0.6) is 5.75 Å². The minimum atomic E-state index is -1.14. The minimum Gasteiger partial charge on any atom is -0.487 e. The van der Waals surface area contributed by atoms with Gasteiger partial charge in [0.1, 0.15) is 12.4 Å². The van der Waals surface area contributed by atoms with Crippen LogP contribution in [0.25, 0.3) is 0 Å². The van der Waals surface area contributed by atoms with Crippen molar-refractivity contribution in [1.82, 2.24) is 9.80 Å². The average molecular weight is 606 g/mol. The van der Waals surface area contributed by atoms with Gasteiger partial charge >= 0.3 is 18.1 Å². The number of halogens is 1. The summed E-state index contributed by atoms with van der Waals surface area (Å²) in [6, 6.07) is 21.1. The van der Waals surface area contributed by atoms with Crippen LogP contribution in [0.15, 0.2) is 66.7 Å². The summed E-state index contributed by atoms with van der Waals surface area (Å²) >= 11 is 6.56. The van der Waals surface area contributed by atoms with Crippen LogP contribution in [0, 0.1) is 6.92 Å². The van der Waals surface area contributed by atoms with E-state index in [0.717, 1.165) is 28.8 Å². The van der Waals surface area contributed by atoms with Crippen LogP contribution in [0.1, 0.15) is 35.1 Å². The third-order valence-corrected chi connectivity index (χ3v) is 8.23. The number of methoxy groups -OCH3 is 1. The van der Waals surface area contributed by atoms with Crippen LogP contribution >= 0.6 is 11.6 Å². The van der Waals surface area contributed by atoms with Crippen molar-refractivity contribution in [2.24, 2.45) is 0 Å². The van der Waals surface area contributed by atoms with Crippen LogP contribution in [0.3, 0.4) is 0 Å². The van der Waals surface area contributed by atoms with Crippen molar-refractivity contribution < 1.29 is 28.6 Å². The Morgan fingerprint density at radius 3 is 2.44 bits per heavy atom. The Bertz CT molecular complexity index is 1430. The number of fused-ring (bicyclic) bond motifs is 1. The van der Waals surface area contributed by atoms with E-state index in [4.69, 9.17) is 25.8 Å². The molecule has 9 nitrogen and oxygen atoms in total. The molecule has 2 aliphatic rings. The highest BCUT2D eigenvalue weighted by molar-refractivity contribution is 6.32. The van der Waals surface area contributed by atoms with Gasteiger partial charge in [-0.3, -0.25) is 0 Å². The fourth-order valence-corrected chi connectivity index (χ4v) is 5.99. The van der Waals surface area contributed by atoms with Crippen molar-refractivity contribution in [1.29, 1.82) is 0 Å². The molecule has 1 saturated heterocycles. The van der Waals surface area contributed by atoms with Crippen molar-refractivity contribution in [2.75, 3.05) is 32.1 Å². The second-order valence-electron chi connectivity index (χ2n) is 10.8. The quantitative estimate of drug-likeness (QED) is 0.316. The second kappa shape index (κ2) is 13.8. The molecule has 0 bridgehead atoms. The zero-order chi connectivity index (χ0) is 30.3. The molecule has 2 aliphatic heterocycles. The van der Waals surface area contributed by atoms with Gasteiger partial charge < -0.3 is 29.3 Å². The Morgan fingerprint density at radius 2 is 1.72 bits per heavy atom. The highest BCUT2D eigenvalue weighted by Gasteiger charge is 2.34.